The van der Waals surface area contributed by atoms with Gasteiger partial charge in [-0.1, -0.05) is 6.07 Å². The molecule has 1 N–H and O–H groups in total. The molecule has 43 heavy (non-hydrogen) atoms. The lowest BCUT2D eigenvalue weighted by Gasteiger charge is -2.34. The summed E-state index contributed by atoms with van der Waals surface area (Å²) in [6.07, 6.45) is 3.90. The third-order valence-corrected chi connectivity index (χ3v) is 9.13. The molecule has 2 aromatic carbocycles. The monoisotopic (exact) mass is 585 g/mol. The molecule has 2 atom stereocenters. The molecule has 0 amide bonds. The molecule has 4 aromatic rings. The van der Waals surface area contributed by atoms with E-state index in [1.54, 1.807) is 24.3 Å². The maximum absolute atomic E-state index is 14.6. The van der Waals surface area contributed by atoms with Crippen LogP contribution in [-0.2, 0) is 17.9 Å². The Labute approximate surface area is 246 Å². The van der Waals surface area contributed by atoms with Gasteiger partial charge in [0.1, 0.15) is 24.1 Å². The number of imidazole rings is 1. The summed E-state index contributed by atoms with van der Waals surface area (Å²) in [5.41, 5.74) is 2.37. The average Bonchev–Trinajstić information content (AvgIpc) is 3.55. The van der Waals surface area contributed by atoms with Gasteiger partial charge >= 0.3 is 5.97 Å². The van der Waals surface area contributed by atoms with Gasteiger partial charge in [0, 0.05) is 31.2 Å². The molecule has 1 unspecified atom stereocenters. The quantitative estimate of drug-likeness (QED) is 0.292. The first-order valence-electron chi connectivity index (χ1n) is 14.4. The number of aromatic carboxylic acids is 1. The maximum atomic E-state index is 14.6. The van der Waals surface area contributed by atoms with Crippen molar-refractivity contribution in [2.24, 2.45) is 5.41 Å². The van der Waals surface area contributed by atoms with Crippen molar-refractivity contribution < 1.29 is 28.2 Å². The predicted molar refractivity (Wildman–Crippen MR) is 152 cm³/mol. The number of benzene rings is 2. The number of nitrogens with zero attached hydrogens (tertiary/aromatic N) is 5. The van der Waals surface area contributed by atoms with E-state index >= 15 is 0 Å². The lowest BCUT2D eigenvalue weighted by atomic mass is 9.90. The van der Waals surface area contributed by atoms with Gasteiger partial charge in [0.15, 0.2) is 5.82 Å². The number of hydrogen-bond acceptors (Lipinski definition) is 7. The van der Waals surface area contributed by atoms with Crippen LogP contribution in [0.1, 0.15) is 58.9 Å². The number of hydrogen-bond donors (Lipinski definition) is 1. The summed E-state index contributed by atoms with van der Waals surface area (Å²) in [6, 6.07) is 14.0. The Morgan fingerprint density at radius 2 is 1.93 bits per heavy atom. The Hall–Kier alpha value is -4.56. The van der Waals surface area contributed by atoms with Gasteiger partial charge in [-0.2, -0.15) is 10.2 Å². The summed E-state index contributed by atoms with van der Waals surface area (Å²) in [7, 11) is 0. The molecule has 2 aliphatic heterocycles. The summed E-state index contributed by atoms with van der Waals surface area (Å²) in [4.78, 5) is 23.2. The van der Waals surface area contributed by atoms with Crippen molar-refractivity contribution >= 4 is 22.8 Å². The van der Waals surface area contributed by atoms with Crippen molar-refractivity contribution in [2.45, 2.75) is 50.9 Å². The van der Waals surface area contributed by atoms with Crippen LogP contribution in [0, 0.1) is 28.4 Å². The number of halogens is 2. The second-order valence-electron chi connectivity index (χ2n) is 11.6. The summed E-state index contributed by atoms with van der Waals surface area (Å²) in [5, 5.41) is 18.5. The van der Waals surface area contributed by atoms with Gasteiger partial charge in [-0.15, -0.1) is 0 Å². The molecule has 9 nitrogen and oxygen atoms in total. The fourth-order valence-electron chi connectivity index (χ4n) is 6.38. The molecule has 220 valence electrons. The van der Waals surface area contributed by atoms with Crippen LogP contribution < -0.4 is 9.64 Å². The van der Waals surface area contributed by atoms with Crippen LogP contribution in [0.2, 0.25) is 0 Å². The van der Waals surface area contributed by atoms with Gasteiger partial charge in [-0.25, -0.2) is 18.6 Å². The number of carboxylic acids is 1. The number of aromatic nitrogens is 3. The molecule has 3 aliphatic rings. The van der Waals surface area contributed by atoms with Crippen molar-refractivity contribution in [3.8, 4) is 11.9 Å². The first-order valence-corrected chi connectivity index (χ1v) is 14.4. The third-order valence-electron chi connectivity index (χ3n) is 9.13. The first kappa shape index (κ1) is 27.3. The highest BCUT2D eigenvalue weighted by Gasteiger charge is 2.57. The van der Waals surface area contributed by atoms with Crippen molar-refractivity contribution in [1.29, 1.82) is 5.26 Å². The molecule has 1 spiro atoms. The van der Waals surface area contributed by atoms with E-state index in [0.29, 0.717) is 12.4 Å². The molecule has 1 aliphatic carbocycles. The van der Waals surface area contributed by atoms with Crippen molar-refractivity contribution in [1.82, 2.24) is 14.5 Å². The van der Waals surface area contributed by atoms with Crippen LogP contribution >= 0.6 is 0 Å². The topological polar surface area (TPSA) is 114 Å². The van der Waals surface area contributed by atoms with Crippen LogP contribution in [0.4, 0.5) is 14.6 Å². The van der Waals surface area contributed by atoms with E-state index in [-0.39, 0.29) is 46.6 Å². The standard InChI is InChI=1S/C32H29F2N5O4/c33-24-4-6-28(37-30(24)43-18-21-2-1-19(16-35)13-25(21)34)38-10-8-32(9-11-38)15-23(32)29-36-26-5-3-20(31(40)41)14-27(26)39(29)17-22-7-12-42-22/h1-6,13-14,22-23H,7-12,15,17-18H2,(H,40,41)/t22-,23?/m0/s1. The lowest BCUT2D eigenvalue weighted by molar-refractivity contribution is -0.0590. The molecular formula is C32H29F2N5O4. The van der Waals surface area contributed by atoms with E-state index in [9.17, 15) is 18.7 Å². The summed E-state index contributed by atoms with van der Waals surface area (Å²) < 4.78 is 42.3. The number of rotatable bonds is 8. The average molecular weight is 586 g/mol. The predicted octanol–water partition coefficient (Wildman–Crippen LogP) is 5.42. The second-order valence-corrected chi connectivity index (χ2v) is 11.6. The summed E-state index contributed by atoms with van der Waals surface area (Å²) >= 11 is 0. The van der Waals surface area contributed by atoms with Gasteiger partial charge < -0.3 is 24.0 Å². The zero-order valence-electron chi connectivity index (χ0n) is 23.3. The molecule has 4 heterocycles. The summed E-state index contributed by atoms with van der Waals surface area (Å²) in [6.45, 7) is 2.65. The van der Waals surface area contributed by atoms with Crippen molar-refractivity contribution in [3.05, 3.63) is 82.7 Å². The summed E-state index contributed by atoms with van der Waals surface area (Å²) in [5.74, 6) is -0.528. The van der Waals surface area contributed by atoms with Gasteiger partial charge in [0.05, 0.1) is 40.9 Å². The lowest BCUT2D eigenvalue weighted by Crippen LogP contribution is -2.36. The molecule has 2 saturated heterocycles. The SMILES string of the molecule is N#Cc1ccc(COc2nc(N3CCC4(CC3)CC4c3nc4ccc(C(=O)O)cc4n3C[C@@H]3CCO3)ccc2F)c(F)c1. The van der Waals surface area contributed by atoms with Gasteiger partial charge in [-0.05, 0) is 73.6 Å². The number of carbonyl (C=O) groups is 1. The van der Waals surface area contributed by atoms with Crippen LogP contribution in [0.3, 0.4) is 0 Å². The smallest absolute Gasteiger partial charge is 0.335 e. The minimum atomic E-state index is -0.962. The van der Waals surface area contributed by atoms with Gasteiger partial charge in [0.25, 0.3) is 5.88 Å². The number of carboxylic acid groups (broad SMARTS) is 1. The molecule has 1 saturated carbocycles. The van der Waals surface area contributed by atoms with Crippen LogP contribution in [0.25, 0.3) is 11.0 Å². The van der Waals surface area contributed by atoms with Crippen molar-refractivity contribution in [3.63, 3.8) is 0 Å². The van der Waals surface area contributed by atoms with E-state index in [4.69, 9.17) is 19.7 Å². The normalized spacial score (nSPS) is 20.5. The van der Waals surface area contributed by atoms with Crippen LogP contribution in [-0.4, -0.2) is 51.4 Å². The Kier molecular flexibility index (Phi) is 6.73. The number of pyridine rings is 1. The number of anilines is 1. The first-order chi connectivity index (χ1) is 20.8. The molecule has 0 bridgehead atoms. The van der Waals surface area contributed by atoms with Crippen molar-refractivity contribution in [2.75, 3.05) is 24.6 Å². The number of nitriles is 1. The molecule has 3 fully saturated rings. The molecule has 0 radical (unpaired) electrons. The Balaban J connectivity index is 1.05. The van der Waals surface area contributed by atoms with Gasteiger partial charge in [0.2, 0.25) is 0 Å². The minimum Gasteiger partial charge on any atom is -0.478 e. The fraction of sp³-hybridized carbons (Fsp3) is 0.375. The van der Waals surface area contributed by atoms with E-state index < -0.39 is 17.6 Å². The highest BCUT2D eigenvalue weighted by Crippen LogP contribution is 2.65. The van der Waals surface area contributed by atoms with E-state index in [1.165, 1.54) is 18.2 Å². The zero-order valence-corrected chi connectivity index (χ0v) is 23.3. The van der Waals surface area contributed by atoms with E-state index in [0.717, 1.165) is 68.3 Å². The Morgan fingerprint density at radius 1 is 1.12 bits per heavy atom. The highest BCUT2D eigenvalue weighted by atomic mass is 19.1. The van der Waals surface area contributed by atoms with E-state index in [2.05, 4.69) is 14.5 Å². The number of piperidine rings is 1. The molecule has 7 rings (SSSR count). The van der Waals surface area contributed by atoms with Crippen LogP contribution in [0.15, 0.2) is 48.5 Å². The highest BCUT2D eigenvalue weighted by molar-refractivity contribution is 5.92. The maximum Gasteiger partial charge on any atom is 0.335 e. The molecular weight excluding hydrogens is 556 g/mol. The van der Waals surface area contributed by atoms with Crippen LogP contribution in [0.5, 0.6) is 5.88 Å². The third kappa shape index (κ3) is 5.06. The largest absolute Gasteiger partial charge is 0.478 e. The minimum absolute atomic E-state index is 0.0954. The second kappa shape index (κ2) is 10.6. The zero-order chi connectivity index (χ0) is 29.7. The number of ether oxygens (including phenoxy) is 2. The van der Waals surface area contributed by atoms with Gasteiger partial charge in [-0.3, -0.25) is 0 Å². The number of fused-ring (bicyclic) bond motifs is 1. The fourth-order valence-corrected chi connectivity index (χ4v) is 6.38. The van der Waals surface area contributed by atoms with E-state index in [1.807, 2.05) is 6.07 Å². The molecule has 11 heteroatoms. The Morgan fingerprint density at radius 3 is 2.63 bits per heavy atom. The Bertz CT molecular complexity index is 1770. The molecule has 2 aromatic heterocycles.